The third kappa shape index (κ3) is 8.39. The quantitative estimate of drug-likeness (QED) is 0.123. The van der Waals surface area contributed by atoms with Crippen molar-refractivity contribution < 1.29 is 25.9 Å². The molecular weight excluding hydrogens is 829 g/mol. The first kappa shape index (κ1) is 36.2. The van der Waals surface area contributed by atoms with Gasteiger partial charge in [0.15, 0.2) is 0 Å². The fourth-order valence-corrected chi connectivity index (χ4v) is 8.12. The summed E-state index contributed by atoms with van der Waals surface area (Å²) in [6.45, 7) is 13.6. The second-order valence-electron chi connectivity index (χ2n) is 15.2. The van der Waals surface area contributed by atoms with Crippen molar-refractivity contribution in [3.63, 3.8) is 0 Å². The summed E-state index contributed by atoms with van der Waals surface area (Å²) in [7, 11) is -1.31. The molecule has 52 heavy (non-hydrogen) atoms. The third-order valence-electron chi connectivity index (χ3n) is 10.1. The maximum absolute atomic E-state index is 8.81. The summed E-state index contributed by atoms with van der Waals surface area (Å²) >= 11 is 0. The monoisotopic (exact) mass is 878 g/mol. The number of benzene rings is 4. The van der Waals surface area contributed by atoms with E-state index in [1.54, 1.807) is 0 Å². The first-order chi connectivity index (χ1) is 25.0. The Morgan fingerprint density at radius 1 is 0.750 bits per heavy atom. The maximum atomic E-state index is 8.81. The molecule has 7 aromatic rings. The Bertz CT molecular complexity index is 2320. The number of nitrogens with zero attached hydrogens (tertiary/aromatic N) is 2. The van der Waals surface area contributed by atoms with Gasteiger partial charge in [-0.15, -0.1) is 59.2 Å². The molecule has 1 aliphatic carbocycles. The fourth-order valence-electron chi connectivity index (χ4n) is 7.09. The van der Waals surface area contributed by atoms with Crippen LogP contribution in [-0.4, -0.2) is 18.0 Å². The van der Waals surface area contributed by atoms with E-state index in [1.165, 1.54) is 41.1 Å². The van der Waals surface area contributed by atoms with Crippen LogP contribution < -0.4 is 5.19 Å². The molecule has 0 saturated heterocycles. The number of aromatic nitrogens is 2. The van der Waals surface area contributed by atoms with Crippen molar-refractivity contribution in [3.8, 4) is 33.6 Å². The molecule has 0 spiro atoms. The minimum absolute atomic E-state index is 0. The number of hydrogen-bond donors (Lipinski definition) is 0. The Labute approximate surface area is 325 Å². The molecule has 0 bridgehead atoms. The Hall–Kier alpha value is -4.15. The summed E-state index contributed by atoms with van der Waals surface area (Å²) in [5, 5.41) is 3.59. The van der Waals surface area contributed by atoms with Gasteiger partial charge in [-0.25, -0.2) is 0 Å². The van der Waals surface area contributed by atoms with Gasteiger partial charge in [-0.05, 0) is 76.5 Å². The molecule has 4 aromatic carbocycles. The van der Waals surface area contributed by atoms with Crippen LogP contribution in [0.4, 0.5) is 0 Å². The molecule has 0 aliphatic heterocycles. The Morgan fingerprint density at radius 3 is 2.21 bits per heavy atom. The molecule has 1 radical (unpaired) electrons. The van der Waals surface area contributed by atoms with Gasteiger partial charge in [0, 0.05) is 39.3 Å². The molecule has 1 fully saturated rings. The van der Waals surface area contributed by atoms with Gasteiger partial charge in [0.25, 0.3) is 0 Å². The van der Waals surface area contributed by atoms with Crippen LogP contribution in [-0.2, 0) is 20.1 Å². The molecule has 3 nitrogen and oxygen atoms in total. The van der Waals surface area contributed by atoms with Gasteiger partial charge < -0.3 is 14.4 Å². The van der Waals surface area contributed by atoms with Crippen molar-refractivity contribution in [2.24, 2.45) is 0 Å². The van der Waals surface area contributed by atoms with Gasteiger partial charge in [0.1, 0.15) is 5.58 Å². The van der Waals surface area contributed by atoms with Gasteiger partial charge >= 0.3 is 0 Å². The third-order valence-corrected chi connectivity index (χ3v) is 12.2. The van der Waals surface area contributed by atoms with E-state index in [4.69, 9.17) is 5.79 Å². The minimum Gasteiger partial charge on any atom is -0.500 e. The molecule has 0 amide bonds. The molecule has 267 valence electrons. The molecule has 0 unspecified atom stereocenters. The number of hydrogen-bond acceptors (Lipinski definition) is 3. The van der Waals surface area contributed by atoms with Crippen LogP contribution in [0.1, 0.15) is 75.8 Å². The Kier molecular flexibility index (Phi) is 11.3. The Morgan fingerprint density at radius 2 is 1.50 bits per heavy atom. The van der Waals surface area contributed by atoms with Gasteiger partial charge in [-0.1, -0.05) is 119 Å². The summed E-state index contributed by atoms with van der Waals surface area (Å²) in [4.78, 5) is 9.32. The summed E-state index contributed by atoms with van der Waals surface area (Å²) in [5.74, 6) is 0.0482. The molecule has 1 saturated carbocycles. The number of pyridine rings is 2. The van der Waals surface area contributed by atoms with Crippen LogP contribution in [0.2, 0.25) is 19.6 Å². The molecular formula is C47H48IrN2OSi-2. The average Bonchev–Trinajstić information content (AvgIpc) is 3.53. The van der Waals surface area contributed by atoms with Crippen molar-refractivity contribution in [1.29, 1.82) is 0 Å². The summed E-state index contributed by atoms with van der Waals surface area (Å²) in [6, 6.07) is 40.2. The van der Waals surface area contributed by atoms with Crippen molar-refractivity contribution in [3.05, 3.63) is 138 Å². The standard InChI is InChI=1S/C27H22NO.C20H26NSi.Ir/c1-17(2)23-15-25(28-16-18(23)3)21-10-12-26-24(13-21)22-11-9-20(14-27(22)29-26)19-7-5-4-6-8-19;1-22(2,3)19-12-13-20(21-15-19)18-11-7-10-17(14-18)16-8-5-4-6-9-16;/h4-9,11-17H,1-3H3;7,10,12-16H,4-6,8-9H2,1-3H3;/q2*-1;/i;16D;. The van der Waals surface area contributed by atoms with Gasteiger partial charge in [0.05, 0.1) is 13.7 Å². The summed E-state index contributed by atoms with van der Waals surface area (Å²) in [6.07, 6.45) is 9.53. The van der Waals surface area contributed by atoms with Gasteiger partial charge in [-0.2, -0.15) is 0 Å². The van der Waals surface area contributed by atoms with E-state index in [0.717, 1.165) is 68.4 Å². The first-order valence-electron chi connectivity index (χ1n) is 18.9. The van der Waals surface area contributed by atoms with E-state index in [0.29, 0.717) is 5.92 Å². The second kappa shape index (κ2) is 16.2. The van der Waals surface area contributed by atoms with Crippen LogP contribution in [0.3, 0.4) is 0 Å². The largest absolute Gasteiger partial charge is 0.500 e. The minimum atomic E-state index is -1.31. The van der Waals surface area contributed by atoms with E-state index >= 15 is 0 Å². The van der Waals surface area contributed by atoms with E-state index in [-0.39, 0.29) is 20.1 Å². The van der Waals surface area contributed by atoms with Crippen LogP contribution >= 0.6 is 0 Å². The van der Waals surface area contributed by atoms with Gasteiger partial charge in [-0.3, -0.25) is 0 Å². The molecule has 3 heterocycles. The van der Waals surface area contributed by atoms with E-state index < -0.39 is 14.0 Å². The van der Waals surface area contributed by atoms with Crippen molar-refractivity contribution >= 4 is 35.2 Å². The molecule has 1 aliphatic rings. The first-order valence-corrected chi connectivity index (χ1v) is 21.9. The summed E-state index contributed by atoms with van der Waals surface area (Å²) in [5.41, 5.74) is 11.7. The predicted molar refractivity (Wildman–Crippen MR) is 217 cm³/mol. The maximum Gasteiger partial charge on any atom is 0.121 e. The molecule has 5 heteroatoms. The summed E-state index contributed by atoms with van der Waals surface area (Å²) < 4.78 is 14.9. The average molecular weight is 878 g/mol. The zero-order valence-corrected chi connectivity index (χ0v) is 34.5. The SMILES string of the molecule is Cc1cnc(-c2[c-]cc3oc4cc(-c5ccccc5)ccc4c3c2)cc1C(C)C.[2H]C1(c2cc[c-]c(-c3ccc([Si](C)(C)C)cn3)c2)CCCCC1.[Ir]. The molecule has 0 N–H and O–H groups in total. The number of aryl methyl sites for hydroxylation is 1. The Balaban J connectivity index is 0.000000183. The number of rotatable bonds is 6. The number of furan rings is 1. The zero-order valence-electron chi connectivity index (χ0n) is 32.1. The van der Waals surface area contributed by atoms with E-state index in [9.17, 15) is 0 Å². The van der Waals surface area contributed by atoms with Crippen molar-refractivity contribution in [1.82, 2.24) is 9.97 Å². The van der Waals surface area contributed by atoms with E-state index in [2.05, 4.69) is 141 Å². The van der Waals surface area contributed by atoms with Crippen molar-refractivity contribution in [2.45, 2.75) is 84.3 Å². The molecule has 0 atom stereocenters. The second-order valence-corrected chi connectivity index (χ2v) is 20.3. The van der Waals surface area contributed by atoms with Crippen LogP contribution in [0, 0.1) is 19.1 Å². The van der Waals surface area contributed by atoms with Gasteiger partial charge in [0.2, 0.25) is 0 Å². The predicted octanol–water partition coefficient (Wildman–Crippen LogP) is 12.7. The van der Waals surface area contributed by atoms with E-state index in [1.807, 2.05) is 30.6 Å². The zero-order chi connectivity index (χ0) is 36.5. The normalized spacial score (nSPS) is 14.4. The molecule has 3 aromatic heterocycles. The van der Waals surface area contributed by atoms with Crippen LogP contribution in [0.25, 0.3) is 55.6 Å². The van der Waals surface area contributed by atoms with Crippen LogP contribution in [0.5, 0.6) is 0 Å². The fraction of sp³-hybridized carbons (Fsp3) is 0.277. The topological polar surface area (TPSA) is 38.9 Å². The van der Waals surface area contributed by atoms with Crippen molar-refractivity contribution in [2.75, 3.05) is 0 Å². The number of fused-ring (bicyclic) bond motifs is 3. The smallest absolute Gasteiger partial charge is 0.121 e. The molecule has 8 rings (SSSR count). The van der Waals surface area contributed by atoms with Crippen LogP contribution in [0.15, 0.2) is 114 Å².